The molecule has 2 aliphatic heterocycles. The van der Waals surface area contributed by atoms with E-state index in [2.05, 4.69) is 15.0 Å². The molecule has 2 aromatic heterocycles. The van der Waals surface area contributed by atoms with Crippen molar-refractivity contribution in [3.63, 3.8) is 0 Å². The van der Waals surface area contributed by atoms with Gasteiger partial charge in [-0.3, -0.25) is 19.4 Å². The summed E-state index contributed by atoms with van der Waals surface area (Å²) in [5.41, 5.74) is -2.62. The minimum absolute atomic E-state index is 0.0586. The quantitative estimate of drug-likeness (QED) is 0.362. The van der Waals surface area contributed by atoms with E-state index in [4.69, 9.17) is 0 Å². The Morgan fingerprint density at radius 1 is 1.26 bits per heavy atom. The molecule has 1 aliphatic carbocycles. The zero-order valence-corrected chi connectivity index (χ0v) is 18.2. The zero-order chi connectivity index (χ0) is 25.3. The van der Waals surface area contributed by atoms with E-state index in [-0.39, 0.29) is 34.5 Å². The van der Waals surface area contributed by atoms with Gasteiger partial charge in [0.15, 0.2) is 5.54 Å². The molecule has 8 nitrogen and oxygen atoms in total. The van der Waals surface area contributed by atoms with Gasteiger partial charge in [-0.25, -0.2) is 8.78 Å². The minimum atomic E-state index is -4.81. The van der Waals surface area contributed by atoms with Crippen molar-refractivity contribution in [2.75, 3.05) is 18.5 Å². The summed E-state index contributed by atoms with van der Waals surface area (Å²) in [6.45, 7) is -0.166. The lowest BCUT2D eigenvalue weighted by molar-refractivity contribution is -0.265. The second kappa shape index (κ2) is 7.83. The molecule has 2 N–H and O–H groups in total. The van der Waals surface area contributed by atoms with Gasteiger partial charge in [0.05, 0.1) is 18.8 Å². The van der Waals surface area contributed by atoms with Gasteiger partial charge < -0.3 is 19.9 Å². The second-order valence-corrected chi connectivity index (χ2v) is 9.01. The molecule has 2 amide bonds. The third-order valence-electron chi connectivity index (χ3n) is 6.73. The summed E-state index contributed by atoms with van der Waals surface area (Å²) in [5, 5.41) is 4.29. The van der Waals surface area contributed by atoms with Gasteiger partial charge in [0.1, 0.15) is 11.4 Å². The standard InChI is InChI=1S/C22H19F5N4O4/c1-9-15(17(32)20(34)30-21(7-35-8-21)22(25,26)27)14-5-10-4-13(10)31(14)16(9)19(33)29-11-2-3-28-12(6-11)18(23)24/h2-3,6,10,13,18H,4-5,7-8H2,1H3,(H,30,34)(H,28,29,33). The first-order valence-electron chi connectivity index (χ1n) is 10.7. The number of nitrogens with one attached hydrogen (secondary N) is 2. The van der Waals surface area contributed by atoms with Crippen LogP contribution in [0.15, 0.2) is 18.3 Å². The molecule has 0 aromatic carbocycles. The summed E-state index contributed by atoms with van der Waals surface area (Å²) in [6.07, 6.45) is -5.40. The molecule has 0 bridgehead atoms. The number of nitrogens with zero attached hydrogens (tertiary/aromatic N) is 2. The molecule has 35 heavy (non-hydrogen) atoms. The summed E-state index contributed by atoms with van der Waals surface area (Å²) in [5.74, 6) is -3.16. The third kappa shape index (κ3) is 3.68. The number of hydrogen-bond acceptors (Lipinski definition) is 5. The number of alkyl halides is 5. The van der Waals surface area contributed by atoms with Gasteiger partial charge in [0.2, 0.25) is 0 Å². The van der Waals surface area contributed by atoms with E-state index < -0.39 is 54.6 Å². The molecule has 0 radical (unpaired) electrons. The van der Waals surface area contributed by atoms with Gasteiger partial charge in [-0.2, -0.15) is 13.2 Å². The molecule has 2 fully saturated rings. The summed E-state index contributed by atoms with van der Waals surface area (Å²) in [7, 11) is 0. The highest BCUT2D eigenvalue weighted by molar-refractivity contribution is 6.44. The van der Waals surface area contributed by atoms with Crippen LogP contribution >= 0.6 is 0 Å². The first-order chi connectivity index (χ1) is 16.4. The predicted octanol–water partition coefficient (Wildman–Crippen LogP) is 3.13. The van der Waals surface area contributed by atoms with Crippen molar-refractivity contribution in [3.8, 4) is 0 Å². The smallest absolute Gasteiger partial charge is 0.376 e. The van der Waals surface area contributed by atoms with Crippen molar-refractivity contribution < 1.29 is 41.1 Å². The lowest BCUT2D eigenvalue weighted by Crippen LogP contribution is -2.71. The molecule has 0 spiro atoms. The largest absolute Gasteiger partial charge is 0.416 e. The molecular weight excluding hydrogens is 479 g/mol. The number of ether oxygens (including phenoxy) is 1. The van der Waals surface area contributed by atoms with E-state index in [0.717, 1.165) is 18.7 Å². The van der Waals surface area contributed by atoms with Crippen LogP contribution in [-0.4, -0.2) is 52.1 Å². The van der Waals surface area contributed by atoms with Gasteiger partial charge in [-0.1, -0.05) is 0 Å². The van der Waals surface area contributed by atoms with Crippen LogP contribution in [0.1, 0.15) is 56.7 Å². The molecule has 4 heterocycles. The molecule has 2 unspecified atom stereocenters. The number of ketones is 1. The zero-order valence-electron chi connectivity index (χ0n) is 18.2. The number of amides is 2. The predicted molar refractivity (Wildman–Crippen MR) is 109 cm³/mol. The molecule has 1 saturated heterocycles. The number of anilines is 1. The molecule has 2 aromatic rings. The Kier molecular flexibility index (Phi) is 5.24. The maximum atomic E-state index is 13.4. The third-order valence-corrected chi connectivity index (χ3v) is 6.73. The summed E-state index contributed by atoms with van der Waals surface area (Å²) in [6, 6.07) is 2.26. The highest BCUT2D eigenvalue weighted by atomic mass is 19.4. The van der Waals surface area contributed by atoms with E-state index >= 15 is 0 Å². The maximum Gasteiger partial charge on any atom is 0.416 e. The lowest BCUT2D eigenvalue weighted by atomic mass is 9.95. The van der Waals surface area contributed by atoms with Crippen molar-refractivity contribution in [2.45, 2.75) is 43.9 Å². The van der Waals surface area contributed by atoms with E-state index in [0.29, 0.717) is 12.1 Å². The number of fused-ring (bicyclic) bond motifs is 3. The van der Waals surface area contributed by atoms with Crippen molar-refractivity contribution >= 4 is 23.3 Å². The number of rotatable bonds is 6. The minimum Gasteiger partial charge on any atom is -0.376 e. The SMILES string of the molecule is Cc1c(C(=O)C(=O)NC2(C(F)(F)F)COC2)c2n(c1C(=O)Nc1ccnc(C(F)F)c1)C1CC1C2. The fourth-order valence-electron chi connectivity index (χ4n) is 4.77. The molecule has 13 heteroatoms. The monoisotopic (exact) mass is 498 g/mol. The van der Waals surface area contributed by atoms with E-state index in [1.807, 2.05) is 0 Å². The number of aromatic nitrogens is 2. The Morgan fingerprint density at radius 2 is 1.97 bits per heavy atom. The normalized spacial score (nSPS) is 21.7. The maximum absolute atomic E-state index is 13.4. The molecule has 2 atom stereocenters. The Hall–Kier alpha value is -3.35. The average molecular weight is 498 g/mol. The summed E-state index contributed by atoms with van der Waals surface area (Å²) in [4.78, 5) is 42.3. The van der Waals surface area contributed by atoms with Crippen LogP contribution in [0.5, 0.6) is 0 Å². The van der Waals surface area contributed by atoms with Crippen LogP contribution in [0.2, 0.25) is 0 Å². The topological polar surface area (TPSA) is 102 Å². The Bertz CT molecular complexity index is 1250. The number of carbonyl (C=O) groups excluding carboxylic acids is 3. The van der Waals surface area contributed by atoms with Crippen molar-refractivity contribution in [3.05, 3.63) is 46.5 Å². The molecule has 1 saturated carbocycles. The van der Waals surface area contributed by atoms with Crippen molar-refractivity contribution in [1.29, 1.82) is 0 Å². The van der Waals surface area contributed by atoms with Gasteiger partial charge >= 0.3 is 6.18 Å². The van der Waals surface area contributed by atoms with Gasteiger partial charge in [0.25, 0.3) is 24.0 Å². The number of Topliss-reactive ketones (excluding diaryl/α,β-unsaturated/α-hetero) is 1. The summed E-state index contributed by atoms with van der Waals surface area (Å²) >= 11 is 0. The Balaban J connectivity index is 1.45. The average Bonchev–Trinajstić information content (AvgIpc) is 3.33. The number of halogens is 5. The van der Waals surface area contributed by atoms with Crippen LogP contribution < -0.4 is 10.6 Å². The number of carbonyl (C=O) groups is 3. The summed E-state index contributed by atoms with van der Waals surface area (Å²) < 4.78 is 72.5. The van der Waals surface area contributed by atoms with Crippen LogP contribution in [0.3, 0.4) is 0 Å². The molecule has 3 aliphatic rings. The molecule has 186 valence electrons. The highest BCUT2D eigenvalue weighted by Crippen LogP contribution is 2.54. The number of pyridine rings is 1. The Morgan fingerprint density at radius 3 is 2.57 bits per heavy atom. The first-order valence-corrected chi connectivity index (χ1v) is 10.7. The van der Waals surface area contributed by atoms with Crippen molar-refractivity contribution in [1.82, 2.24) is 14.9 Å². The molecular formula is C22H19F5N4O4. The van der Waals surface area contributed by atoms with E-state index in [9.17, 15) is 36.3 Å². The number of hydrogen-bond donors (Lipinski definition) is 2. The highest BCUT2D eigenvalue weighted by Gasteiger charge is 2.61. The van der Waals surface area contributed by atoms with Crippen LogP contribution in [0, 0.1) is 12.8 Å². The van der Waals surface area contributed by atoms with E-state index in [1.165, 1.54) is 13.0 Å². The van der Waals surface area contributed by atoms with Crippen LogP contribution in [0.4, 0.5) is 27.6 Å². The van der Waals surface area contributed by atoms with Crippen LogP contribution in [0.25, 0.3) is 0 Å². The molecule has 5 rings (SSSR count). The van der Waals surface area contributed by atoms with Crippen LogP contribution in [-0.2, 0) is 16.0 Å². The lowest BCUT2D eigenvalue weighted by Gasteiger charge is -2.42. The van der Waals surface area contributed by atoms with Gasteiger partial charge in [-0.15, -0.1) is 0 Å². The van der Waals surface area contributed by atoms with Gasteiger partial charge in [-0.05, 0) is 43.4 Å². The van der Waals surface area contributed by atoms with E-state index in [1.54, 1.807) is 9.88 Å². The Labute approximate surface area is 194 Å². The fraction of sp³-hybridized carbons (Fsp3) is 0.455. The second-order valence-electron chi connectivity index (χ2n) is 9.01. The first kappa shape index (κ1) is 23.4. The van der Waals surface area contributed by atoms with Crippen molar-refractivity contribution in [2.24, 2.45) is 5.92 Å². The van der Waals surface area contributed by atoms with Gasteiger partial charge in [0, 0.05) is 23.6 Å². The fourth-order valence-corrected chi connectivity index (χ4v) is 4.77.